The van der Waals surface area contributed by atoms with Crippen molar-refractivity contribution in [3.05, 3.63) is 27.9 Å². The SMILES string of the molecule is Cc1c(C(=O)O)nc[nH]c1=O.Cl. The van der Waals surface area contributed by atoms with E-state index < -0.39 is 11.5 Å². The number of aromatic nitrogens is 2. The van der Waals surface area contributed by atoms with Crippen LogP contribution in [0, 0.1) is 6.92 Å². The zero-order chi connectivity index (χ0) is 8.43. The Morgan fingerprint density at radius 3 is 2.67 bits per heavy atom. The standard InChI is InChI=1S/C6H6N2O3.ClH/c1-3-4(6(10)11)7-2-8-5(3)9;/h2H,1H3,(H,10,11)(H,7,8,9);1H. The van der Waals surface area contributed by atoms with Crippen LogP contribution in [0.5, 0.6) is 0 Å². The second-order valence-corrected chi connectivity index (χ2v) is 2.01. The summed E-state index contributed by atoms with van der Waals surface area (Å²) in [5, 5.41) is 8.47. The Morgan fingerprint density at radius 2 is 2.25 bits per heavy atom. The van der Waals surface area contributed by atoms with Gasteiger partial charge in [0.2, 0.25) is 0 Å². The number of hydrogen-bond acceptors (Lipinski definition) is 3. The Morgan fingerprint density at radius 1 is 1.67 bits per heavy atom. The van der Waals surface area contributed by atoms with Gasteiger partial charge in [-0.2, -0.15) is 0 Å². The number of carboxylic acid groups (broad SMARTS) is 1. The summed E-state index contributed by atoms with van der Waals surface area (Å²) in [7, 11) is 0. The van der Waals surface area contributed by atoms with Gasteiger partial charge in [-0.25, -0.2) is 9.78 Å². The molecule has 6 heteroatoms. The molecule has 1 heterocycles. The summed E-state index contributed by atoms with van der Waals surface area (Å²) in [6.07, 6.45) is 1.07. The van der Waals surface area contributed by atoms with Crippen LogP contribution in [0.25, 0.3) is 0 Å². The van der Waals surface area contributed by atoms with E-state index in [-0.39, 0.29) is 23.7 Å². The van der Waals surface area contributed by atoms with Gasteiger partial charge in [-0.1, -0.05) is 0 Å². The number of H-pyrrole nitrogens is 1. The van der Waals surface area contributed by atoms with Crippen LogP contribution in [0.1, 0.15) is 16.1 Å². The molecule has 0 unspecified atom stereocenters. The van der Waals surface area contributed by atoms with Gasteiger partial charge in [0.1, 0.15) is 0 Å². The maximum atomic E-state index is 10.8. The zero-order valence-corrected chi connectivity index (χ0v) is 7.01. The fourth-order valence-corrected chi connectivity index (χ4v) is 0.684. The third kappa shape index (κ3) is 1.82. The van der Waals surface area contributed by atoms with E-state index in [1.165, 1.54) is 6.92 Å². The maximum absolute atomic E-state index is 10.8. The molecule has 0 bridgehead atoms. The van der Waals surface area contributed by atoms with Gasteiger partial charge in [0, 0.05) is 5.56 Å². The third-order valence-corrected chi connectivity index (χ3v) is 1.29. The molecular formula is C6H7ClN2O3. The Hall–Kier alpha value is -1.36. The molecule has 0 fully saturated rings. The van der Waals surface area contributed by atoms with E-state index in [0.29, 0.717) is 0 Å². The summed E-state index contributed by atoms with van der Waals surface area (Å²) in [6.45, 7) is 1.41. The van der Waals surface area contributed by atoms with Crippen LogP contribution in [-0.2, 0) is 0 Å². The van der Waals surface area contributed by atoms with Crippen LogP contribution >= 0.6 is 12.4 Å². The van der Waals surface area contributed by atoms with Crippen molar-refractivity contribution in [1.29, 1.82) is 0 Å². The Balaban J connectivity index is 0.00000121. The lowest BCUT2D eigenvalue weighted by Gasteiger charge is -1.94. The molecule has 0 radical (unpaired) electrons. The summed E-state index contributed by atoms with van der Waals surface area (Å²) in [6, 6.07) is 0. The first-order valence-electron chi connectivity index (χ1n) is 2.90. The van der Waals surface area contributed by atoms with Crippen molar-refractivity contribution in [2.24, 2.45) is 0 Å². The van der Waals surface area contributed by atoms with E-state index in [2.05, 4.69) is 9.97 Å². The van der Waals surface area contributed by atoms with Crippen LogP contribution in [0.15, 0.2) is 11.1 Å². The van der Waals surface area contributed by atoms with Gasteiger partial charge in [-0.05, 0) is 6.92 Å². The molecule has 1 rings (SSSR count). The first-order chi connectivity index (χ1) is 5.13. The minimum Gasteiger partial charge on any atom is -0.476 e. The number of aromatic carboxylic acids is 1. The lowest BCUT2D eigenvalue weighted by Crippen LogP contribution is -2.16. The number of carboxylic acids is 1. The van der Waals surface area contributed by atoms with Crippen LogP contribution in [-0.4, -0.2) is 21.0 Å². The Kier molecular flexibility index (Phi) is 3.43. The quantitative estimate of drug-likeness (QED) is 0.663. The lowest BCUT2D eigenvalue weighted by molar-refractivity contribution is 0.0689. The number of carbonyl (C=O) groups is 1. The second kappa shape index (κ2) is 3.87. The molecule has 12 heavy (non-hydrogen) atoms. The largest absolute Gasteiger partial charge is 0.476 e. The van der Waals surface area contributed by atoms with Gasteiger partial charge < -0.3 is 10.1 Å². The van der Waals surface area contributed by atoms with Gasteiger partial charge in [0.25, 0.3) is 5.56 Å². The zero-order valence-electron chi connectivity index (χ0n) is 6.20. The molecule has 2 N–H and O–H groups in total. The smallest absolute Gasteiger partial charge is 0.355 e. The highest BCUT2D eigenvalue weighted by atomic mass is 35.5. The molecule has 0 amide bonds. The first kappa shape index (κ1) is 10.6. The van der Waals surface area contributed by atoms with Crippen LogP contribution < -0.4 is 5.56 Å². The van der Waals surface area contributed by atoms with Crippen LogP contribution in [0.2, 0.25) is 0 Å². The monoisotopic (exact) mass is 190 g/mol. The first-order valence-corrected chi connectivity index (χ1v) is 2.90. The van der Waals surface area contributed by atoms with Crippen LogP contribution in [0.4, 0.5) is 0 Å². The predicted octanol–water partition coefficient (Wildman–Crippen LogP) is 0.198. The summed E-state index contributed by atoms with van der Waals surface area (Å²) < 4.78 is 0. The van der Waals surface area contributed by atoms with Gasteiger partial charge >= 0.3 is 5.97 Å². The fourth-order valence-electron chi connectivity index (χ4n) is 0.684. The molecular weight excluding hydrogens is 184 g/mol. The molecule has 0 aliphatic carbocycles. The summed E-state index contributed by atoms with van der Waals surface area (Å²) in [5.74, 6) is -1.19. The molecule has 66 valence electrons. The Bertz CT molecular complexity index is 347. The number of hydrogen-bond donors (Lipinski definition) is 2. The summed E-state index contributed by atoms with van der Waals surface area (Å²) in [5.41, 5.74) is -0.494. The average Bonchev–Trinajstić information content (AvgIpc) is 1.94. The number of rotatable bonds is 1. The minimum atomic E-state index is -1.19. The van der Waals surface area contributed by atoms with Crippen molar-refractivity contribution in [2.45, 2.75) is 6.92 Å². The molecule has 0 aliphatic rings. The van der Waals surface area contributed by atoms with Crippen molar-refractivity contribution in [3.63, 3.8) is 0 Å². The number of nitrogens with one attached hydrogen (secondary N) is 1. The number of halogens is 1. The minimum absolute atomic E-state index is 0. The molecule has 0 saturated carbocycles. The molecule has 0 spiro atoms. The third-order valence-electron chi connectivity index (χ3n) is 1.29. The highest BCUT2D eigenvalue weighted by Crippen LogP contribution is 1.94. The molecule has 0 atom stereocenters. The lowest BCUT2D eigenvalue weighted by atomic mass is 10.2. The molecule has 0 saturated heterocycles. The molecule has 0 aromatic carbocycles. The van der Waals surface area contributed by atoms with Crippen molar-refractivity contribution >= 4 is 18.4 Å². The normalized spacial score (nSPS) is 8.75. The highest BCUT2D eigenvalue weighted by molar-refractivity contribution is 5.86. The molecule has 0 aliphatic heterocycles. The van der Waals surface area contributed by atoms with Gasteiger partial charge in [0.15, 0.2) is 5.69 Å². The molecule has 5 nitrogen and oxygen atoms in total. The van der Waals surface area contributed by atoms with E-state index in [1.807, 2.05) is 0 Å². The van der Waals surface area contributed by atoms with E-state index in [4.69, 9.17) is 5.11 Å². The highest BCUT2D eigenvalue weighted by Gasteiger charge is 2.09. The molecule has 1 aromatic heterocycles. The van der Waals surface area contributed by atoms with Crippen molar-refractivity contribution in [2.75, 3.05) is 0 Å². The van der Waals surface area contributed by atoms with Crippen molar-refractivity contribution in [3.8, 4) is 0 Å². The van der Waals surface area contributed by atoms with E-state index in [9.17, 15) is 9.59 Å². The number of nitrogens with zero attached hydrogens (tertiary/aromatic N) is 1. The van der Waals surface area contributed by atoms with Crippen molar-refractivity contribution in [1.82, 2.24) is 9.97 Å². The van der Waals surface area contributed by atoms with E-state index >= 15 is 0 Å². The van der Waals surface area contributed by atoms with Gasteiger partial charge in [-0.3, -0.25) is 4.79 Å². The maximum Gasteiger partial charge on any atom is 0.355 e. The second-order valence-electron chi connectivity index (χ2n) is 2.01. The number of aromatic amines is 1. The topological polar surface area (TPSA) is 83.0 Å². The summed E-state index contributed by atoms with van der Waals surface area (Å²) in [4.78, 5) is 26.9. The van der Waals surface area contributed by atoms with Gasteiger partial charge in [-0.15, -0.1) is 12.4 Å². The van der Waals surface area contributed by atoms with E-state index in [0.717, 1.165) is 6.33 Å². The predicted molar refractivity (Wildman–Crippen MR) is 43.8 cm³/mol. The van der Waals surface area contributed by atoms with Crippen molar-refractivity contribution < 1.29 is 9.90 Å². The fraction of sp³-hybridized carbons (Fsp3) is 0.167. The van der Waals surface area contributed by atoms with Gasteiger partial charge in [0.05, 0.1) is 6.33 Å². The van der Waals surface area contributed by atoms with E-state index in [1.54, 1.807) is 0 Å². The Labute approximate surface area is 73.9 Å². The summed E-state index contributed by atoms with van der Waals surface area (Å²) >= 11 is 0. The molecule has 1 aromatic rings. The van der Waals surface area contributed by atoms with Crippen LogP contribution in [0.3, 0.4) is 0 Å². The average molecular weight is 191 g/mol.